The minimum absolute atomic E-state index is 0.209. The molecule has 3 atom stereocenters. The summed E-state index contributed by atoms with van der Waals surface area (Å²) in [5.74, 6) is -2.09. The van der Waals surface area contributed by atoms with Crippen LogP contribution in [0.3, 0.4) is 0 Å². The largest absolute Gasteiger partial charge is 0.480 e. The average molecular weight is 434 g/mol. The third kappa shape index (κ3) is 4.82. The summed E-state index contributed by atoms with van der Waals surface area (Å²) in [4.78, 5) is 40.9. The van der Waals surface area contributed by atoms with Crippen molar-refractivity contribution in [2.45, 2.75) is 44.2 Å². The highest BCUT2D eigenvalue weighted by atomic mass is 16.4. The number of hydrogen-bond donors (Lipinski definition) is 4. The molecule has 166 valence electrons. The number of para-hydroxylation sites is 1. The van der Waals surface area contributed by atoms with Gasteiger partial charge in [0.1, 0.15) is 6.04 Å². The van der Waals surface area contributed by atoms with Crippen molar-refractivity contribution in [2.24, 2.45) is 5.92 Å². The van der Waals surface area contributed by atoms with Crippen molar-refractivity contribution in [2.75, 3.05) is 0 Å². The predicted octanol–water partition coefficient (Wildman–Crippen LogP) is 3.27. The van der Waals surface area contributed by atoms with E-state index in [0.29, 0.717) is 18.4 Å². The summed E-state index contributed by atoms with van der Waals surface area (Å²) in [6, 6.07) is 15.4. The molecule has 1 aromatic heterocycles. The first-order valence-corrected chi connectivity index (χ1v) is 11.0. The van der Waals surface area contributed by atoms with Crippen LogP contribution in [-0.2, 0) is 16.0 Å². The van der Waals surface area contributed by atoms with E-state index in [1.165, 1.54) is 0 Å². The number of carbonyl (C=O) groups excluding carboxylic acids is 2. The molecule has 7 heteroatoms. The molecule has 1 saturated carbocycles. The fourth-order valence-electron chi connectivity index (χ4n) is 4.45. The first kappa shape index (κ1) is 21.6. The lowest BCUT2D eigenvalue weighted by Crippen LogP contribution is -2.52. The lowest BCUT2D eigenvalue weighted by molar-refractivity contribution is -0.142. The van der Waals surface area contributed by atoms with E-state index in [1.807, 2.05) is 54.6 Å². The summed E-state index contributed by atoms with van der Waals surface area (Å²) in [6.45, 7) is 0. The summed E-state index contributed by atoms with van der Waals surface area (Å²) in [7, 11) is 0. The molecule has 1 heterocycles. The number of carboxylic acid groups (broad SMARTS) is 1. The fourth-order valence-corrected chi connectivity index (χ4v) is 4.45. The molecule has 0 spiro atoms. The second-order valence-corrected chi connectivity index (χ2v) is 8.31. The van der Waals surface area contributed by atoms with Crippen molar-refractivity contribution in [3.63, 3.8) is 0 Å². The van der Waals surface area contributed by atoms with Crippen molar-refractivity contribution >= 4 is 28.7 Å². The standard InChI is InChI=1S/C25H27N3O4/c29-23(28-22(25(31)32)14-16-8-2-1-3-9-16)18-11-5-7-13-21(18)27-24(30)19-15-26-20-12-6-4-10-17(19)20/h1-4,6,8-10,12,15,18,21-22,26H,5,7,11,13-14H2,(H,27,30)(H,28,29)(H,31,32)/t18-,21-,22-/m0/s1. The lowest BCUT2D eigenvalue weighted by Gasteiger charge is -2.32. The first-order valence-electron chi connectivity index (χ1n) is 11.0. The van der Waals surface area contributed by atoms with Crippen LogP contribution in [0.4, 0.5) is 0 Å². The number of benzene rings is 2. The number of fused-ring (bicyclic) bond motifs is 1. The minimum atomic E-state index is -1.07. The molecular formula is C25H27N3O4. The third-order valence-electron chi connectivity index (χ3n) is 6.15. The molecule has 3 aromatic rings. The number of rotatable bonds is 7. The molecule has 0 radical (unpaired) electrons. The number of nitrogens with one attached hydrogen (secondary N) is 3. The molecule has 1 fully saturated rings. The van der Waals surface area contributed by atoms with Gasteiger partial charge in [-0.15, -0.1) is 0 Å². The highest BCUT2D eigenvalue weighted by Gasteiger charge is 2.34. The van der Waals surface area contributed by atoms with Crippen LogP contribution in [0.5, 0.6) is 0 Å². The maximum Gasteiger partial charge on any atom is 0.326 e. The van der Waals surface area contributed by atoms with Crippen molar-refractivity contribution in [1.82, 2.24) is 15.6 Å². The van der Waals surface area contributed by atoms with E-state index in [2.05, 4.69) is 15.6 Å². The van der Waals surface area contributed by atoms with Gasteiger partial charge in [0.2, 0.25) is 5.91 Å². The average Bonchev–Trinajstić information content (AvgIpc) is 3.24. The van der Waals surface area contributed by atoms with Gasteiger partial charge in [0, 0.05) is 29.6 Å². The molecule has 1 aliphatic carbocycles. The zero-order valence-electron chi connectivity index (χ0n) is 17.7. The van der Waals surface area contributed by atoms with Gasteiger partial charge in [-0.05, 0) is 24.5 Å². The molecule has 2 amide bonds. The summed E-state index contributed by atoms with van der Waals surface area (Å²) >= 11 is 0. The van der Waals surface area contributed by atoms with Crippen molar-refractivity contribution in [1.29, 1.82) is 0 Å². The molecule has 1 aliphatic rings. The predicted molar refractivity (Wildman–Crippen MR) is 121 cm³/mol. The summed E-state index contributed by atoms with van der Waals surface area (Å²) in [6.07, 6.45) is 4.97. The Morgan fingerprint density at radius 1 is 1.00 bits per heavy atom. The molecule has 4 N–H and O–H groups in total. The molecule has 32 heavy (non-hydrogen) atoms. The Balaban J connectivity index is 1.45. The molecule has 0 saturated heterocycles. The molecule has 2 aromatic carbocycles. The Bertz CT molecular complexity index is 1110. The fraction of sp³-hybridized carbons (Fsp3) is 0.320. The van der Waals surface area contributed by atoms with Crippen molar-refractivity contribution < 1.29 is 19.5 Å². The van der Waals surface area contributed by atoms with Gasteiger partial charge < -0.3 is 20.7 Å². The molecule has 0 aliphatic heterocycles. The van der Waals surface area contributed by atoms with E-state index in [0.717, 1.165) is 29.3 Å². The smallest absolute Gasteiger partial charge is 0.326 e. The second kappa shape index (κ2) is 9.68. The number of hydrogen-bond acceptors (Lipinski definition) is 3. The number of carboxylic acids is 1. The normalized spacial score (nSPS) is 19.2. The Labute approximate surface area is 186 Å². The quantitative estimate of drug-likeness (QED) is 0.458. The Morgan fingerprint density at radius 3 is 2.50 bits per heavy atom. The summed E-state index contributed by atoms with van der Waals surface area (Å²) < 4.78 is 0. The van der Waals surface area contributed by atoms with Gasteiger partial charge in [0.25, 0.3) is 5.91 Å². The SMILES string of the molecule is O=C(N[C@H]1CCCC[C@@H]1C(=O)N[C@@H](Cc1ccccc1)C(=O)O)c1c[nH]c2ccccc12. The number of aromatic amines is 1. The second-order valence-electron chi connectivity index (χ2n) is 8.31. The van der Waals surface area contributed by atoms with Gasteiger partial charge in [-0.1, -0.05) is 61.4 Å². The number of carbonyl (C=O) groups is 3. The van der Waals surface area contributed by atoms with E-state index < -0.39 is 17.9 Å². The molecule has 7 nitrogen and oxygen atoms in total. The Kier molecular flexibility index (Phi) is 6.54. The van der Waals surface area contributed by atoms with E-state index in [4.69, 9.17) is 0 Å². The third-order valence-corrected chi connectivity index (χ3v) is 6.15. The van der Waals surface area contributed by atoms with Gasteiger partial charge in [-0.3, -0.25) is 9.59 Å². The van der Waals surface area contributed by atoms with Gasteiger partial charge >= 0.3 is 5.97 Å². The van der Waals surface area contributed by atoms with Crippen molar-refractivity contribution in [3.05, 3.63) is 71.9 Å². The van der Waals surface area contributed by atoms with Crippen LogP contribution >= 0.6 is 0 Å². The van der Waals surface area contributed by atoms with Gasteiger partial charge in [0.15, 0.2) is 0 Å². The number of H-pyrrole nitrogens is 1. The lowest BCUT2D eigenvalue weighted by atomic mass is 9.83. The minimum Gasteiger partial charge on any atom is -0.480 e. The Hall–Kier alpha value is -3.61. The molecule has 4 rings (SSSR count). The molecule has 0 bridgehead atoms. The molecular weight excluding hydrogens is 406 g/mol. The van der Waals surface area contributed by atoms with Crippen LogP contribution in [0.25, 0.3) is 10.9 Å². The highest BCUT2D eigenvalue weighted by molar-refractivity contribution is 6.07. The van der Waals surface area contributed by atoms with E-state index >= 15 is 0 Å². The topological polar surface area (TPSA) is 111 Å². The zero-order chi connectivity index (χ0) is 22.5. The Morgan fingerprint density at radius 2 is 1.72 bits per heavy atom. The highest BCUT2D eigenvalue weighted by Crippen LogP contribution is 2.26. The number of amides is 2. The van der Waals surface area contributed by atoms with Gasteiger partial charge in [-0.2, -0.15) is 0 Å². The van der Waals surface area contributed by atoms with Crippen molar-refractivity contribution in [3.8, 4) is 0 Å². The van der Waals surface area contributed by atoms with Crippen LogP contribution in [0.2, 0.25) is 0 Å². The van der Waals surface area contributed by atoms with Gasteiger partial charge in [0.05, 0.1) is 11.5 Å². The number of aromatic nitrogens is 1. The van der Waals surface area contributed by atoms with E-state index in [1.54, 1.807) is 6.20 Å². The maximum atomic E-state index is 13.1. The van der Waals surface area contributed by atoms with Crippen LogP contribution in [0, 0.1) is 5.92 Å². The van der Waals surface area contributed by atoms with E-state index in [-0.39, 0.29) is 24.3 Å². The van der Waals surface area contributed by atoms with Gasteiger partial charge in [-0.25, -0.2) is 4.79 Å². The zero-order valence-corrected chi connectivity index (χ0v) is 17.7. The van der Waals surface area contributed by atoms with Crippen LogP contribution in [-0.4, -0.2) is 40.0 Å². The van der Waals surface area contributed by atoms with Crippen LogP contribution in [0.1, 0.15) is 41.6 Å². The first-order chi connectivity index (χ1) is 15.5. The van der Waals surface area contributed by atoms with E-state index in [9.17, 15) is 19.5 Å². The van der Waals surface area contributed by atoms with Crippen LogP contribution < -0.4 is 10.6 Å². The monoisotopic (exact) mass is 433 g/mol. The molecule has 0 unspecified atom stereocenters. The summed E-state index contributed by atoms with van der Waals surface area (Å²) in [5.41, 5.74) is 2.26. The maximum absolute atomic E-state index is 13.1. The number of aliphatic carboxylic acids is 1. The summed E-state index contributed by atoms with van der Waals surface area (Å²) in [5, 5.41) is 16.2. The van der Waals surface area contributed by atoms with Crippen LogP contribution in [0.15, 0.2) is 60.8 Å².